The van der Waals surface area contributed by atoms with Crippen LogP contribution >= 0.6 is 11.3 Å². The molecule has 0 amide bonds. The van der Waals surface area contributed by atoms with Crippen LogP contribution in [0.1, 0.15) is 42.4 Å². The Hall–Kier alpha value is -1.13. The third-order valence-electron chi connectivity index (χ3n) is 3.19. The van der Waals surface area contributed by atoms with Gasteiger partial charge in [-0.05, 0) is 43.0 Å². The van der Waals surface area contributed by atoms with Crippen LogP contribution in [0.2, 0.25) is 0 Å². The van der Waals surface area contributed by atoms with E-state index < -0.39 is 0 Å². The van der Waals surface area contributed by atoms with Crippen molar-refractivity contribution in [2.24, 2.45) is 0 Å². The zero-order valence-electron chi connectivity index (χ0n) is 11.3. The largest absolute Gasteiger partial charge is 0.307 e. The Morgan fingerprint density at radius 1 is 1.39 bits per heavy atom. The molecule has 0 aliphatic heterocycles. The van der Waals surface area contributed by atoms with E-state index in [2.05, 4.69) is 46.5 Å². The summed E-state index contributed by atoms with van der Waals surface area (Å²) in [6, 6.07) is 4.61. The number of aromatic nitrogens is 2. The average Bonchev–Trinajstić information content (AvgIpc) is 3.01. The number of nitrogens with zero attached hydrogens (tertiary/aromatic N) is 2. The van der Waals surface area contributed by atoms with Crippen LogP contribution in [0, 0.1) is 0 Å². The Morgan fingerprint density at radius 3 is 2.89 bits per heavy atom. The molecule has 1 unspecified atom stereocenters. The molecule has 0 saturated heterocycles. The van der Waals surface area contributed by atoms with Gasteiger partial charge in [-0.15, -0.1) is 11.3 Å². The summed E-state index contributed by atoms with van der Waals surface area (Å²) in [5.74, 6) is 0. The Kier molecular flexibility index (Phi) is 4.55. The average molecular weight is 263 g/mol. The van der Waals surface area contributed by atoms with Crippen molar-refractivity contribution < 1.29 is 0 Å². The van der Waals surface area contributed by atoms with Crippen LogP contribution in [0.25, 0.3) is 0 Å². The molecular formula is C14H21N3S. The van der Waals surface area contributed by atoms with E-state index in [1.165, 1.54) is 16.1 Å². The Labute approximate surface area is 113 Å². The second-order valence-corrected chi connectivity index (χ2v) is 5.31. The van der Waals surface area contributed by atoms with Crippen LogP contribution in [0.4, 0.5) is 0 Å². The van der Waals surface area contributed by atoms with E-state index in [-0.39, 0.29) is 6.04 Å². The maximum atomic E-state index is 4.42. The molecule has 0 radical (unpaired) electrons. The fourth-order valence-electron chi connectivity index (χ4n) is 2.29. The van der Waals surface area contributed by atoms with Crippen LogP contribution in [-0.2, 0) is 13.0 Å². The first-order valence-corrected chi connectivity index (χ1v) is 7.45. The van der Waals surface area contributed by atoms with Gasteiger partial charge in [-0.3, -0.25) is 4.68 Å². The lowest BCUT2D eigenvalue weighted by Crippen LogP contribution is -2.21. The molecule has 0 aromatic carbocycles. The zero-order chi connectivity index (χ0) is 13.0. The number of thiophene rings is 1. The highest BCUT2D eigenvalue weighted by atomic mass is 32.1. The maximum Gasteiger partial charge on any atom is 0.0842 e. The second-order valence-electron chi connectivity index (χ2n) is 4.36. The smallest absolute Gasteiger partial charge is 0.0842 e. The van der Waals surface area contributed by atoms with Crippen molar-refractivity contribution in [1.29, 1.82) is 0 Å². The molecule has 0 saturated carbocycles. The van der Waals surface area contributed by atoms with Gasteiger partial charge in [0.05, 0.1) is 11.7 Å². The third kappa shape index (κ3) is 2.49. The van der Waals surface area contributed by atoms with E-state index >= 15 is 0 Å². The predicted octanol–water partition coefficient (Wildman–Crippen LogP) is 3.23. The highest BCUT2D eigenvalue weighted by molar-refractivity contribution is 7.10. The summed E-state index contributed by atoms with van der Waals surface area (Å²) in [6.45, 7) is 5.37. The van der Waals surface area contributed by atoms with Crippen LogP contribution < -0.4 is 5.32 Å². The molecule has 0 aliphatic rings. The number of hydrogen-bond acceptors (Lipinski definition) is 3. The fraction of sp³-hybridized carbons (Fsp3) is 0.500. The topological polar surface area (TPSA) is 29.9 Å². The van der Waals surface area contributed by atoms with Gasteiger partial charge in [-0.1, -0.05) is 13.8 Å². The van der Waals surface area contributed by atoms with Crippen molar-refractivity contribution in [2.75, 3.05) is 7.05 Å². The first-order valence-electron chi connectivity index (χ1n) is 6.57. The first kappa shape index (κ1) is 13.3. The standard InChI is InChI=1S/C14H21N3S/c1-4-9-17-12(6-8-16-17)13(15-3)14-11(5-2)7-10-18-14/h6-8,10,13,15H,4-5,9H2,1-3H3. The van der Waals surface area contributed by atoms with Crippen molar-refractivity contribution in [3.63, 3.8) is 0 Å². The Balaban J connectivity index is 2.36. The molecular weight excluding hydrogens is 242 g/mol. The molecule has 18 heavy (non-hydrogen) atoms. The van der Waals surface area contributed by atoms with Crippen LogP contribution in [0.5, 0.6) is 0 Å². The van der Waals surface area contributed by atoms with Crippen molar-refractivity contribution >= 4 is 11.3 Å². The maximum absolute atomic E-state index is 4.42. The van der Waals surface area contributed by atoms with Crippen molar-refractivity contribution in [3.05, 3.63) is 39.8 Å². The number of aryl methyl sites for hydroxylation is 2. The summed E-state index contributed by atoms with van der Waals surface area (Å²) in [5.41, 5.74) is 2.69. The zero-order valence-corrected chi connectivity index (χ0v) is 12.1. The molecule has 2 aromatic heterocycles. The molecule has 3 nitrogen and oxygen atoms in total. The normalized spacial score (nSPS) is 12.8. The van der Waals surface area contributed by atoms with Gasteiger partial charge in [-0.2, -0.15) is 5.10 Å². The Bertz CT molecular complexity index is 487. The van der Waals surface area contributed by atoms with Crippen molar-refractivity contribution in [1.82, 2.24) is 15.1 Å². The number of nitrogens with one attached hydrogen (secondary N) is 1. The molecule has 1 atom stereocenters. The van der Waals surface area contributed by atoms with Crippen LogP contribution in [0.3, 0.4) is 0 Å². The number of rotatable bonds is 6. The highest BCUT2D eigenvalue weighted by Crippen LogP contribution is 2.29. The molecule has 98 valence electrons. The lowest BCUT2D eigenvalue weighted by atomic mass is 10.1. The molecule has 0 spiro atoms. The molecule has 2 rings (SSSR count). The van der Waals surface area contributed by atoms with Gasteiger partial charge in [0.1, 0.15) is 0 Å². The van der Waals surface area contributed by atoms with Crippen LogP contribution in [-0.4, -0.2) is 16.8 Å². The van der Waals surface area contributed by atoms with E-state index in [1.54, 1.807) is 0 Å². The van der Waals surface area contributed by atoms with Gasteiger partial charge in [0.2, 0.25) is 0 Å². The monoisotopic (exact) mass is 263 g/mol. The minimum Gasteiger partial charge on any atom is -0.307 e. The quantitative estimate of drug-likeness (QED) is 0.867. The summed E-state index contributed by atoms with van der Waals surface area (Å²) in [4.78, 5) is 1.41. The molecule has 4 heteroatoms. The van der Waals surface area contributed by atoms with Gasteiger partial charge in [0.25, 0.3) is 0 Å². The minimum atomic E-state index is 0.258. The van der Waals surface area contributed by atoms with Gasteiger partial charge < -0.3 is 5.32 Å². The molecule has 0 aliphatic carbocycles. The van der Waals surface area contributed by atoms with E-state index in [0.717, 1.165) is 19.4 Å². The molecule has 1 N–H and O–H groups in total. The summed E-state index contributed by atoms with van der Waals surface area (Å²) in [7, 11) is 2.02. The molecule has 2 heterocycles. The Morgan fingerprint density at radius 2 is 2.22 bits per heavy atom. The molecule has 2 aromatic rings. The molecule has 0 fully saturated rings. The van der Waals surface area contributed by atoms with Gasteiger partial charge in [0.15, 0.2) is 0 Å². The molecule has 0 bridgehead atoms. The third-order valence-corrected chi connectivity index (χ3v) is 4.22. The summed E-state index contributed by atoms with van der Waals surface area (Å²) < 4.78 is 2.11. The second kappa shape index (κ2) is 6.16. The van der Waals surface area contributed by atoms with E-state index in [4.69, 9.17) is 0 Å². The highest BCUT2D eigenvalue weighted by Gasteiger charge is 2.19. The van der Waals surface area contributed by atoms with Crippen molar-refractivity contribution in [3.8, 4) is 0 Å². The van der Waals surface area contributed by atoms with E-state index in [9.17, 15) is 0 Å². The lowest BCUT2D eigenvalue weighted by molar-refractivity contribution is 0.536. The first-order chi connectivity index (χ1) is 8.81. The number of hydrogen-bond donors (Lipinski definition) is 1. The summed E-state index contributed by atoms with van der Waals surface area (Å²) in [5, 5.41) is 10.0. The summed E-state index contributed by atoms with van der Waals surface area (Å²) in [6.07, 6.45) is 4.09. The predicted molar refractivity (Wildman–Crippen MR) is 77.1 cm³/mol. The SMILES string of the molecule is CCCn1nccc1C(NC)c1sccc1CC. The lowest BCUT2D eigenvalue weighted by Gasteiger charge is -2.18. The van der Waals surface area contributed by atoms with E-state index in [0.29, 0.717) is 0 Å². The van der Waals surface area contributed by atoms with Gasteiger partial charge >= 0.3 is 0 Å². The van der Waals surface area contributed by atoms with Gasteiger partial charge in [-0.25, -0.2) is 0 Å². The van der Waals surface area contributed by atoms with E-state index in [1.807, 2.05) is 24.6 Å². The van der Waals surface area contributed by atoms with Crippen LogP contribution in [0.15, 0.2) is 23.7 Å². The summed E-state index contributed by atoms with van der Waals surface area (Å²) >= 11 is 1.83. The van der Waals surface area contributed by atoms with Gasteiger partial charge in [0, 0.05) is 17.6 Å². The minimum absolute atomic E-state index is 0.258. The fourth-order valence-corrected chi connectivity index (χ4v) is 3.41. The van der Waals surface area contributed by atoms with Crippen molar-refractivity contribution in [2.45, 2.75) is 39.3 Å².